The van der Waals surface area contributed by atoms with Crippen LogP contribution in [-0.2, 0) is 14.0 Å². The van der Waals surface area contributed by atoms with Crippen molar-refractivity contribution in [1.29, 1.82) is 0 Å². The van der Waals surface area contributed by atoms with Crippen molar-refractivity contribution in [3.8, 4) is 0 Å². The predicted molar refractivity (Wildman–Crippen MR) is 109 cm³/mol. The van der Waals surface area contributed by atoms with Crippen LogP contribution >= 0.6 is 0 Å². The van der Waals surface area contributed by atoms with Gasteiger partial charge in [-0.1, -0.05) is 0 Å². The Kier molecular flexibility index (Phi) is 4.52. The van der Waals surface area contributed by atoms with Crippen molar-refractivity contribution in [2.75, 3.05) is 0 Å². The zero-order valence-corrected chi connectivity index (χ0v) is 17.9. The molecule has 0 amide bonds. The lowest BCUT2D eigenvalue weighted by Gasteiger charge is -2.32. The van der Waals surface area contributed by atoms with Crippen LogP contribution in [0.1, 0.15) is 59.6 Å². The number of carbonyl (C=O) groups excluding carboxylic acids is 1. The Hall–Kier alpha value is -1.79. The number of benzene rings is 1. The summed E-state index contributed by atoms with van der Waals surface area (Å²) < 4.78 is 19.7. The molecule has 0 N–H and O–H groups in total. The van der Waals surface area contributed by atoms with Gasteiger partial charge in [-0.3, -0.25) is 4.57 Å². The molecule has 0 radical (unpaired) electrons. The number of carbonyl (C=O) groups is 1. The minimum Gasteiger partial charge on any atom is -0.443 e. The highest BCUT2D eigenvalue weighted by atomic mass is 16.7. The SMILES string of the molecule is Cc1cc2c(ccn2C(=O)OC(C)(C)C)c(B2OC(C)(C)C(C)(C)O2)c1C. The molecule has 1 aliphatic rings. The van der Waals surface area contributed by atoms with E-state index >= 15 is 0 Å². The van der Waals surface area contributed by atoms with Crippen molar-refractivity contribution in [3.05, 3.63) is 29.5 Å². The highest BCUT2D eigenvalue weighted by Gasteiger charge is 2.52. The zero-order valence-electron chi connectivity index (χ0n) is 17.9. The number of rotatable bonds is 1. The molecule has 0 unspecified atom stereocenters. The molecule has 27 heavy (non-hydrogen) atoms. The quantitative estimate of drug-likeness (QED) is 0.700. The number of aromatic nitrogens is 1. The molecule has 1 fully saturated rings. The number of aryl methyl sites for hydroxylation is 1. The lowest BCUT2D eigenvalue weighted by atomic mass is 9.73. The largest absolute Gasteiger partial charge is 0.495 e. The van der Waals surface area contributed by atoms with Gasteiger partial charge in [-0.25, -0.2) is 4.79 Å². The molecule has 2 aromatic rings. The molecule has 3 rings (SSSR count). The van der Waals surface area contributed by atoms with Crippen molar-refractivity contribution in [2.24, 2.45) is 0 Å². The van der Waals surface area contributed by atoms with Gasteiger partial charge in [-0.05, 0) is 91.0 Å². The molecule has 0 spiro atoms. The third-order valence-electron chi connectivity index (χ3n) is 5.64. The van der Waals surface area contributed by atoms with E-state index in [2.05, 4.69) is 6.92 Å². The second kappa shape index (κ2) is 6.11. The first-order chi connectivity index (χ1) is 12.2. The minimum absolute atomic E-state index is 0.388. The van der Waals surface area contributed by atoms with E-state index in [0.717, 1.165) is 27.5 Å². The van der Waals surface area contributed by atoms with Gasteiger partial charge in [0.15, 0.2) is 0 Å². The average Bonchev–Trinajstić information content (AvgIpc) is 2.96. The van der Waals surface area contributed by atoms with E-state index in [0.29, 0.717) is 0 Å². The van der Waals surface area contributed by atoms with E-state index in [1.54, 1.807) is 10.8 Å². The summed E-state index contributed by atoms with van der Waals surface area (Å²) in [5.74, 6) is 0. The van der Waals surface area contributed by atoms with Gasteiger partial charge in [0.25, 0.3) is 0 Å². The summed E-state index contributed by atoms with van der Waals surface area (Å²) in [5.41, 5.74) is 2.57. The van der Waals surface area contributed by atoms with Gasteiger partial charge in [0.2, 0.25) is 0 Å². The van der Waals surface area contributed by atoms with E-state index in [1.165, 1.54) is 0 Å². The van der Waals surface area contributed by atoms with Crippen LogP contribution in [0.3, 0.4) is 0 Å². The summed E-state index contributed by atoms with van der Waals surface area (Å²) in [6.45, 7) is 17.9. The van der Waals surface area contributed by atoms with Gasteiger partial charge in [0, 0.05) is 11.6 Å². The fraction of sp³-hybridized carbons (Fsp3) is 0.571. The Balaban J connectivity index is 2.13. The van der Waals surface area contributed by atoms with Gasteiger partial charge < -0.3 is 14.0 Å². The van der Waals surface area contributed by atoms with Crippen molar-refractivity contribution < 1.29 is 18.8 Å². The topological polar surface area (TPSA) is 49.7 Å². The maximum absolute atomic E-state index is 12.6. The highest BCUT2D eigenvalue weighted by molar-refractivity contribution is 6.65. The van der Waals surface area contributed by atoms with Crippen LogP contribution < -0.4 is 5.46 Å². The van der Waals surface area contributed by atoms with E-state index in [9.17, 15) is 4.79 Å². The summed E-state index contributed by atoms with van der Waals surface area (Å²) in [6, 6.07) is 3.95. The first kappa shape index (κ1) is 20.0. The van der Waals surface area contributed by atoms with E-state index in [1.807, 2.05) is 67.5 Å². The summed E-state index contributed by atoms with van der Waals surface area (Å²) in [5, 5.41) is 0.947. The first-order valence-corrected chi connectivity index (χ1v) is 9.44. The number of ether oxygens (including phenoxy) is 1. The number of fused-ring (bicyclic) bond motifs is 1. The van der Waals surface area contributed by atoms with Crippen LogP contribution in [0, 0.1) is 13.8 Å². The smallest absolute Gasteiger partial charge is 0.443 e. The Morgan fingerprint density at radius 2 is 1.67 bits per heavy atom. The summed E-state index contributed by atoms with van der Waals surface area (Å²) in [6.07, 6.45) is 1.37. The maximum Gasteiger partial charge on any atom is 0.495 e. The minimum atomic E-state index is -0.554. The Morgan fingerprint density at radius 3 is 2.19 bits per heavy atom. The predicted octanol–water partition coefficient (Wildman–Crippen LogP) is 4.34. The molecule has 0 aliphatic carbocycles. The van der Waals surface area contributed by atoms with Crippen molar-refractivity contribution >= 4 is 29.6 Å². The molecular formula is C21H30BNO4. The van der Waals surface area contributed by atoms with Crippen LogP contribution in [0.4, 0.5) is 4.79 Å². The number of hydrogen-bond acceptors (Lipinski definition) is 4. The van der Waals surface area contributed by atoms with Crippen LogP contribution in [0.2, 0.25) is 0 Å². The third-order valence-corrected chi connectivity index (χ3v) is 5.64. The van der Waals surface area contributed by atoms with Gasteiger partial charge >= 0.3 is 13.2 Å². The zero-order chi connectivity index (χ0) is 20.4. The Labute approximate surface area is 162 Å². The highest BCUT2D eigenvalue weighted by Crippen LogP contribution is 2.37. The van der Waals surface area contributed by atoms with Crippen molar-refractivity contribution in [1.82, 2.24) is 4.57 Å². The van der Waals surface area contributed by atoms with Crippen LogP contribution in [-0.4, -0.2) is 34.6 Å². The Morgan fingerprint density at radius 1 is 1.11 bits per heavy atom. The molecule has 1 aromatic carbocycles. The molecule has 0 saturated carbocycles. The fourth-order valence-corrected chi connectivity index (χ4v) is 3.28. The molecule has 0 atom stereocenters. The lowest BCUT2D eigenvalue weighted by molar-refractivity contribution is 0.00578. The second-order valence-corrected chi connectivity index (χ2v) is 9.42. The maximum atomic E-state index is 12.6. The molecule has 1 saturated heterocycles. The molecule has 146 valence electrons. The molecule has 2 heterocycles. The summed E-state index contributed by atoms with van der Waals surface area (Å²) in [4.78, 5) is 12.6. The number of nitrogens with zero attached hydrogens (tertiary/aromatic N) is 1. The van der Waals surface area contributed by atoms with Crippen LogP contribution in [0.5, 0.6) is 0 Å². The van der Waals surface area contributed by atoms with Crippen molar-refractivity contribution in [2.45, 2.75) is 79.1 Å². The number of hydrogen-bond donors (Lipinski definition) is 0. The molecule has 1 aromatic heterocycles. The van der Waals surface area contributed by atoms with Crippen LogP contribution in [0.25, 0.3) is 10.9 Å². The molecule has 0 bridgehead atoms. The third kappa shape index (κ3) is 3.41. The summed E-state index contributed by atoms with van der Waals surface area (Å²) in [7, 11) is -0.480. The summed E-state index contributed by atoms with van der Waals surface area (Å²) >= 11 is 0. The molecule has 5 nitrogen and oxygen atoms in total. The molecule has 6 heteroatoms. The monoisotopic (exact) mass is 371 g/mol. The lowest BCUT2D eigenvalue weighted by Crippen LogP contribution is -2.41. The van der Waals surface area contributed by atoms with Gasteiger partial charge in [-0.15, -0.1) is 0 Å². The van der Waals surface area contributed by atoms with Crippen LogP contribution in [0.15, 0.2) is 18.3 Å². The molecule has 1 aliphatic heterocycles. The van der Waals surface area contributed by atoms with Gasteiger partial charge in [0.1, 0.15) is 5.60 Å². The molecular weight excluding hydrogens is 341 g/mol. The van der Waals surface area contributed by atoms with Crippen molar-refractivity contribution in [3.63, 3.8) is 0 Å². The first-order valence-electron chi connectivity index (χ1n) is 9.44. The normalized spacial score (nSPS) is 18.9. The Bertz CT molecular complexity index is 889. The fourth-order valence-electron chi connectivity index (χ4n) is 3.28. The average molecular weight is 371 g/mol. The second-order valence-electron chi connectivity index (χ2n) is 9.42. The van der Waals surface area contributed by atoms with E-state index in [-0.39, 0.29) is 6.09 Å². The standard InChI is InChI=1S/C21H30BNO4/c1-13-12-16-15(10-11-23(16)18(24)25-19(3,4)5)17(14(13)2)22-26-20(6,7)21(8,9)27-22/h10-12H,1-9H3. The van der Waals surface area contributed by atoms with Gasteiger partial charge in [-0.2, -0.15) is 0 Å². The van der Waals surface area contributed by atoms with E-state index in [4.69, 9.17) is 14.0 Å². The van der Waals surface area contributed by atoms with Gasteiger partial charge in [0.05, 0.1) is 16.7 Å². The van der Waals surface area contributed by atoms with E-state index < -0.39 is 23.9 Å².